The summed E-state index contributed by atoms with van der Waals surface area (Å²) in [6.07, 6.45) is 5.45. The van der Waals surface area contributed by atoms with Crippen molar-refractivity contribution in [2.45, 2.75) is 0 Å². The van der Waals surface area contributed by atoms with Gasteiger partial charge in [0.25, 0.3) is 0 Å². The summed E-state index contributed by atoms with van der Waals surface area (Å²) < 4.78 is 1.90. The van der Waals surface area contributed by atoms with Gasteiger partial charge in [-0.15, -0.1) is 0 Å². The minimum Gasteiger partial charge on any atom is -0.508 e. The van der Waals surface area contributed by atoms with E-state index < -0.39 is 0 Å². The average molecular weight is 376 g/mol. The molecule has 142 valence electrons. The van der Waals surface area contributed by atoms with Gasteiger partial charge in [0.15, 0.2) is 17.0 Å². The number of anilines is 3. The number of hydrogen-bond donors (Lipinski definition) is 3. The monoisotopic (exact) mass is 376 g/mol. The highest BCUT2D eigenvalue weighted by atomic mass is 16.3. The number of nitrogens with zero attached hydrogens (tertiary/aromatic N) is 6. The first-order chi connectivity index (χ1) is 13.7. The molecule has 9 nitrogen and oxygen atoms in total. The molecular formula is C19H20N8O. The summed E-state index contributed by atoms with van der Waals surface area (Å²) in [5.41, 5.74) is 9.51. The van der Waals surface area contributed by atoms with Crippen molar-refractivity contribution in [2.24, 2.45) is 0 Å². The molecule has 0 unspecified atom stereocenters. The lowest BCUT2D eigenvalue weighted by atomic mass is 10.2. The van der Waals surface area contributed by atoms with Gasteiger partial charge in [-0.3, -0.25) is 4.57 Å². The molecule has 9 heteroatoms. The molecule has 1 saturated heterocycles. The zero-order chi connectivity index (χ0) is 19.1. The Bertz CT molecular complexity index is 1100. The van der Waals surface area contributed by atoms with Crippen LogP contribution in [0.4, 0.5) is 17.5 Å². The second kappa shape index (κ2) is 6.45. The Morgan fingerprint density at radius 2 is 1.68 bits per heavy atom. The minimum atomic E-state index is 0.276. The number of benzene rings is 1. The molecule has 28 heavy (non-hydrogen) atoms. The number of aromatic hydroxyl groups is 1. The van der Waals surface area contributed by atoms with E-state index in [1.807, 2.05) is 35.2 Å². The third kappa shape index (κ3) is 2.77. The van der Waals surface area contributed by atoms with Gasteiger partial charge in [0.05, 0.1) is 5.69 Å². The van der Waals surface area contributed by atoms with Gasteiger partial charge < -0.3 is 25.6 Å². The van der Waals surface area contributed by atoms with E-state index >= 15 is 0 Å². The Kier molecular flexibility index (Phi) is 3.78. The van der Waals surface area contributed by atoms with Gasteiger partial charge >= 0.3 is 0 Å². The van der Waals surface area contributed by atoms with Gasteiger partial charge in [-0.2, -0.15) is 9.97 Å². The van der Waals surface area contributed by atoms with Crippen molar-refractivity contribution >= 4 is 28.6 Å². The molecule has 4 N–H and O–H groups in total. The molecule has 1 fully saturated rings. The predicted molar refractivity (Wildman–Crippen MR) is 108 cm³/mol. The molecule has 1 aliphatic heterocycles. The zero-order valence-corrected chi connectivity index (χ0v) is 15.2. The van der Waals surface area contributed by atoms with Crippen LogP contribution in [0.1, 0.15) is 0 Å². The maximum Gasteiger partial charge on any atom is 0.229 e. The van der Waals surface area contributed by atoms with Crippen molar-refractivity contribution in [1.29, 1.82) is 0 Å². The van der Waals surface area contributed by atoms with E-state index in [0.717, 1.165) is 37.6 Å². The van der Waals surface area contributed by atoms with Crippen LogP contribution in [-0.4, -0.2) is 55.8 Å². The zero-order valence-electron chi connectivity index (χ0n) is 15.2. The average Bonchev–Trinajstić information content (AvgIpc) is 3.38. The number of rotatable bonds is 3. The van der Waals surface area contributed by atoms with Gasteiger partial charge in [-0.05, 0) is 30.3 Å². The molecule has 0 saturated carbocycles. The lowest BCUT2D eigenvalue weighted by molar-refractivity contribution is 0.475. The highest BCUT2D eigenvalue weighted by Crippen LogP contribution is 2.25. The van der Waals surface area contributed by atoms with Crippen molar-refractivity contribution < 1.29 is 5.11 Å². The topological polar surface area (TPSA) is 112 Å². The van der Waals surface area contributed by atoms with Crippen LogP contribution in [0.2, 0.25) is 0 Å². The van der Waals surface area contributed by atoms with Crippen molar-refractivity contribution in [3.8, 4) is 11.4 Å². The van der Waals surface area contributed by atoms with Crippen LogP contribution >= 0.6 is 0 Å². The van der Waals surface area contributed by atoms with Crippen LogP contribution in [0, 0.1) is 0 Å². The molecule has 1 aliphatic rings. The number of phenols is 1. The Morgan fingerprint density at radius 3 is 2.39 bits per heavy atom. The van der Waals surface area contributed by atoms with Crippen LogP contribution < -0.4 is 15.5 Å². The fourth-order valence-electron chi connectivity index (χ4n) is 3.53. The molecule has 4 aromatic rings. The summed E-state index contributed by atoms with van der Waals surface area (Å²) in [5.74, 6) is 1.28. The Hall–Kier alpha value is -3.75. The van der Waals surface area contributed by atoms with E-state index in [2.05, 4.69) is 24.8 Å². The summed E-state index contributed by atoms with van der Waals surface area (Å²) in [6, 6.07) is 9.24. The summed E-state index contributed by atoms with van der Waals surface area (Å²) >= 11 is 0. The smallest absolute Gasteiger partial charge is 0.229 e. The summed E-state index contributed by atoms with van der Waals surface area (Å²) in [4.78, 5) is 21.1. The molecule has 0 aliphatic carbocycles. The fourth-order valence-corrected chi connectivity index (χ4v) is 3.53. The lowest BCUT2D eigenvalue weighted by Gasteiger charge is -2.36. The number of piperazine rings is 1. The Morgan fingerprint density at radius 1 is 0.929 bits per heavy atom. The molecule has 3 aromatic heterocycles. The van der Waals surface area contributed by atoms with Gasteiger partial charge in [0, 0.05) is 44.3 Å². The number of nitrogens with two attached hydrogens (primary N) is 1. The van der Waals surface area contributed by atoms with Crippen molar-refractivity contribution in [1.82, 2.24) is 24.5 Å². The number of H-pyrrole nitrogens is 1. The Labute approximate surface area is 161 Å². The Balaban J connectivity index is 1.41. The minimum absolute atomic E-state index is 0.276. The van der Waals surface area contributed by atoms with Gasteiger partial charge in [0.1, 0.15) is 12.1 Å². The normalized spacial score (nSPS) is 14.7. The molecule has 1 aromatic carbocycles. The highest BCUT2D eigenvalue weighted by Gasteiger charge is 2.22. The van der Waals surface area contributed by atoms with Crippen molar-refractivity contribution in [2.75, 3.05) is 41.7 Å². The van der Waals surface area contributed by atoms with Crippen LogP contribution in [0.15, 0.2) is 49.1 Å². The third-order valence-corrected chi connectivity index (χ3v) is 5.05. The standard InChI is InChI=1S/C19H20N8O/c20-17-16-18(27(12-22-16)14-5-6-21-11-14)24-19(23-17)26-9-7-25(8-10-26)13-1-3-15(28)4-2-13/h1-6,11-12,21,28H,7-10H2,(H2,20,23,24). The largest absolute Gasteiger partial charge is 0.508 e. The summed E-state index contributed by atoms with van der Waals surface area (Å²) in [5, 5.41) is 9.47. The van der Waals surface area contributed by atoms with E-state index in [0.29, 0.717) is 22.9 Å². The molecular weight excluding hydrogens is 356 g/mol. The SMILES string of the molecule is Nc1nc(N2CCN(c3ccc(O)cc3)CC2)nc2c1ncn2-c1cc[nH]c1. The number of aromatic nitrogens is 5. The van der Waals surface area contributed by atoms with Crippen molar-refractivity contribution in [3.63, 3.8) is 0 Å². The van der Waals surface area contributed by atoms with E-state index in [9.17, 15) is 5.11 Å². The van der Waals surface area contributed by atoms with Crippen molar-refractivity contribution in [3.05, 3.63) is 49.1 Å². The maximum absolute atomic E-state index is 9.47. The van der Waals surface area contributed by atoms with Gasteiger partial charge in [-0.25, -0.2) is 4.98 Å². The lowest BCUT2D eigenvalue weighted by Crippen LogP contribution is -2.47. The summed E-state index contributed by atoms with van der Waals surface area (Å²) in [6.45, 7) is 3.24. The molecule has 0 bridgehead atoms. The second-order valence-electron chi connectivity index (χ2n) is 6.76. The van der Waals surface area contributed by atoms with Gasteiger partial charge in [-0.1, -0.05) is 0 Å². The molecule has 0 amide bonds. The van der Waals surface area contributed by atoms with Crippen LogP contribution in [0.5, 0.6) is 5.75 Å². The quantitative estimate of drug-likeness (QED) is 0.499. The predicted octanol–water partition coefficient (Wildman–Crippen LogP) is 1.76. The number of aromatic amines is 1. The number of phenolic OH excluding ortho intramolecular Hbond substituents is 1. The number of nitrogen functional groups attached to an aromatic ring is 1. The number of nitrogens with one attached hydrogen (secondary N) is 1. The number of hydrogen-bond acceptors (Lipinski definition) is 7. The number of fused-ring (bicyclic) bond motifs is 1. The van der Waals surface area contributed by atoms with E-state index in [1.165, 1.54) is 0 Å². The van der Waals surface area contributed by atoms with Crippen LogP contribution in [0.25, 0.3) is 16.9 Å². The summed E-state index contributed by atoms with van der Waals surface area (Å²) in [7, 11) is 0. The molecule has 0 radical (unpaired) electrons. The molecule has 4 heterocycles. The first kappa shape index (κ1) is 16.4. The third-order valence-electron chi connectivity index (χ3n) is 5.05. The van der Waals surface area contributed by atoms with E-state index in [-0.39, 0.29) is 5.75 Å². The molecule has 0 spiro atoms. The van der Waals surface area contributed by atoms with Gasteiger partial charge in [0.2, 0.25) is 5.95 Å². The van der Waals surface area contributed by atoms with E-state index in [1.54, 1.807) is 18.5 Å². The highest BCUT2D eigenvalue weighted by molar-refractivity contribution is 5.84. The molecule has 0 atom stereocenters. The van der Waals surface area contributed by atoms with Crippen LogP contribution in [-0.2, 0) is 0 Å². The maximum atomic E-state index is 9.47. The second-order valence-corrected chi connectivity index (χ2v) is 6.76. The molecule has 5 rings (SSSR count). The van der Waals surface area contributed by atoms with Crippen LogP contribution in [0.3, 0.4) is 0 Å². The fraction of sp³-hybridized carbons (Fsp3) is 0.211. The first-order valence-corrected chi connectivity index (χ1v) is 9.12. The van der Waals surface area contributed by atoms with E-state index in [4.69, 9.17) is 10.7 Å². The first-order valence-electron chi connectivity index (χ1n) is 9.12. The number of imidazole rings is 1.